The average molecular weight is 341 g/mol. The second-order valence-electron chi connectivity index (χ2n) is 8.24. The first-order valence-electron chi connectivity index (χ1n) is 9.08. The van der Waals surface area contributed by atoms with Gasteiger partial charge in [0.25, 0.3) is 0 Å². The van der Waals surface area contributed by atoms with Crippen LogP contribution in [0.5, 0.6) is 5.75 Å². The molecule has 0 unspecified atom stereocenters. The Morgan fingerprint density at radius 2 is 1.96 bits per heavy atom. The summed E-state index contributed by atoms with van der Waals surface area (Å²) in [6.45, 7) is 13.1. The summed E-state index contributed by atoms with van der Waals surface area (Å²) >= 11 is 0. The van der Waals surface area contributed by atoms with Crippen molar-refractivity contribution in [3.63, 3.8) is 0 Å². The monoisotopic (exact) mass is 341 g/mol. The van der Waals surface area contributed by atoms with Crippen molar-refractivity contribution in [2.45, 2.75) is 53.4 Å². The van der Waals surface area contributed by atoms with Gasteiger partial charge < -0.3 is 9.64 Å². The zero-order chi connectivity index (χ0) is 18.6. The van der Waals surface area contributed by atoms with Crippen LogP contribution >= 0.6 is 0 Å². The Hall–Kier alpha value is -2.03. The molecule has 2 rings (SSSR count). The number of ether oxygens (including phenoxy) is 1. The molecule has 0 aromatic heterocycles. The fourth-order valence-electron chi connectivity index (χ4n) is 3.01. The SMILES string of the molecule is C=C1C=C(C)c2ccc(CCCCN(C)C(=O)CC(C)(C)C)cc2O1. The van der Waals surface area contributed by atoms with Crippen LogP contribution in [0.15, 0.2) is 36.6 Å². The topological polar surface area (TPSA) is 29.5 Å². The van der Waals surface area contributed by atoms with E-state index in [0.717, 1.165) is 37.1 Å². The number of unbranched alkanes of at least 4 members (excludes halogenated alkanes) is 1. The number of aryl methyl sites for hydroxylation is 1. The van der Waals surface area contributed by atoms with Gasteiger partial charge in [0, 0.05) is 25.6 Å². The molecule has 0 bridgehead atoms. The highest BCUT2D eigenvalue weighted by Gasteiger charge is 2.18. The maximum Gasteiger partial charge on any atom is 0.222 e. The first-order chi connectivity index (χ1) is 11.7. The van der Waals surface area contributed by atoms with E-state index in [-0.39, 0.29) is 11.3 Å². The van der Waals surface area contributed by atoms with Crippen molar-refractivity contribution in [3.05, 3.63) is 47.7 Å². The largest absolute Gasteiger partial charge is 0.457 e. The molecular weight excluding hydrogens is 310 g/mol. The molecular formula is C22H31NO2. The maximum atomic E-state index is 12.1. The van der Waals surface area contributed by atoms with Gasteiger partial charge >= 0.3 is 0 Å². The number of allylic oxidation sites excluding steroid dienone is 2. The minimum absolute atomic E-state index is 0.0467. The van der Waals surface area contributed by atoms with Gasteiger partial charge in [-0.3, -0.25) is 4.79 Å². The molecule has 0 spiro atoms. The molecule has 0 aliphatic carbocycles. The number of hydrogen-bond donors (Lipinski definition) is 0. The van der Waals surface area contributed by atoms with Crippen LogP contribution in [-0.2, 0) is 11.2 Å². The number of fused-ring (bicyclic) bond motifs is 1. The molecule has 0 saturated heterocycles. The zero-order valence-corrected chi connectivity index (χ0v) is 16.3. The molecule has 3 heteroatoms. The molecule has 1 aliphatic heterocycles. The fourth-order valence-corrected chi connectivity index (χ4v) is 3.01. The first kappa shape index (κ1) is 19.3. The smallest absolute Gasteiger partial charge is 0.222 e. The summed E-state index contributed by atoms with van der Waals surface area (Å²) in [7, 11) is 1.90. The van der Waals surface area contributed by atoms with Gasteiger partial charge in [-0.25, -0.2) is 0 Å². The Morgan fingerprint density at radius 1 is 1.24 bits per heavy atom. The third-order valence-corrected chi connectivity index (χ3v) is 4.41. The van der Waals surface area contributed by atoms with Crippen molar-refractivity contribution in [2.24, 2.45) is 5.41 Å². The van der Waals surface area contributed by atoms with Crippen LogP contribution in [0, 0.1) is 5.41 Å². The number of benzene rings is 1. The summed E-state index contributed by atoms with van der Waals surface area (Å²) in [6.07, 6.45) is 5.62. The standard InChI is InChI=1S/C22H31NO2/c1-16-13-17(2)25-20-14-18(10-11-19(16)20)9-7-8-12-23(6)21(24)15-22(3,4)5/h10-11,13-14H,2,7-9,12,15H2,1,3-6H3. The van der Waals surface area contributed by atoms with Gasteiger partial charge in [0.1, 0.15) is 11.5 Å². The maximum absolute atomic E-state index is 12.1. The van der Waals surface area contributed by atoms with Crippen LogP contribution in [0.1, 0.15) is 58.1 Å². The second kappa shape index (κ2) is 7.90. The van der Waals surface area contributed by atoms with E-state index in [9.17, 15) is 4.79 Å². The van der Waals surface area contributed by atoms with Gasteiger partial charge in [0.15, 0.2) is 0 Å². The molecule has 1 heterocycles. The van der Waals surface area contributed by atoms with Crippen LogP contribution in [0.3, 0.4) is 0 Å². The number of hydrogen-bond acceptors (Lipinski definition) is 2. The number of amides is 1. The normalized spacial score (nSPS) is 13.8. The number of carbonyl (C=O) groups is 1. The van der Waals surface area contributed by atoms with Crippen molar-refractivity contribution in [1.82, 2.24) is 4.90 Å². The predicted octanol–water partition coefficient (Wildman–Crippen LogP) is 5.21. The summed E-state index contributed by atoms with van der Waals surface area (Å²) in [4.78, 5) is 14.0. The molecule has 0 N–H and O–H groups in total. The molecule has 136 valence electrons. The Kier molecular flexibility index (Phi) is 6.10. The van der Waals surface area contributed by atoms with Gasteiger partial charge in [0.2, 0.25) is 5.91 Å². The Balaban J connectivity index is 1.81. The molecule has 0 saturated carbocycles. The minimum atomic E-state index is 0.0467. The quantitative estimate of drug-likeness (QED) is 0.664. The van der Waals surface area contributed by atoms with Crippen molar-refractivity contribution in [3.8, 4) is 5.75 Å². The predicted molar refractivity (Wildman–Crippen MR) is 105 cm³/mol. The highest BCUT2D eigenvalue weighted by Crippen LogP contribution is 2.33. The summed E-state index contributed by atoms with van der Waals surface area (Å²) in [5, 5.41) is 0. The third-order valence-electron chi connectivity index (χ3n) is 4.41. The van der Waals surface area contributed by atoms with Crippen LogP contribution in [0.2, 0.25) is 0 Å². The highest BCUT2D eigenvalue weighted by atomic mass is 16.5. The molecule has 1 aliphatic rings. The van der Waals surface area contributed by atoms with E-state index in [2.05, 4.69) is 52.5 Å². The summed E-state index contributed by atoms with van der Waals surface area (Å²) in [5.41, 5.74) is 3.65. The van der Waals surface area contributed by atoms with Gasteiger partial charge in [-0.2, -0.15) is 0 Å². The van der Waals surface area contributed by atoms with Crippen molar-refractivity contribution >= 4 is 11.5 Å². The summed E-state index contributed by atoms with van der Waals surface area (Å²) < 4.78 is 5.74. The first-order valence-corrected chi connectivity index (χ1v) is 9.08. The molecule has 1 aromatic rings. The van der Waals surface area contributed by atoms with Gasteiger partial charge in [0.05, 0.1) is 0 Å². The molecule has 3 nitrogen and oxygen atoms in total. The second-order valence-corrected chi connectivity index (χ2v) is 8.24. The molecule has 1 aromatic carbocycles. The number of carbonyl (C=O) groups excluding carboxylic acids is 1. The Morgan fingerprint density at radius 3 is 2.64 bits per heavy atom. The van der Waals surface area contributed by atoms with Crippen molar-refractivity contribution < 1.29 is 9.53 Å². The van der Waals surface area contributed by atoms with E-state index >= 15 is 0 Å². The minimum Gasteiger partial charge on any atom is -0.457 e. The van der Waals surface area contributed by atoms with E-state index in [1.165, 1.54) is 11.1 Å². The lowest BCUT2D eigenvalue weighted by molar-refractivity contribution is -0.131. The molecule has 0 radical (unpaired) electrons. The lowest BCUT2D eigenvalue weighted by Crippen LogP contribution is -2.30. The molecule has 25 heavy (non-hydrogen) atoms. The van der Waals surface area contributed by atoms with E-state index in [1.807, 2.05) is 18.0 Å². The third kappa shape index (κ3) is 5.77. The van der Waals surface area contributed by atoms with Crippen LogP contribution < -0.4 is 4.74 Å². The molecule has 0 fully saturated rings. The lowest BCUT2D eigenvalue weighted by Gasteiger charge is -2.23. The van der Waals surface area contributed by atoms with E-state index in [0.29, 0.717) is 12.2 Å². The van der Waals surface area contributed by atoms with E-state index in [4.69, 9.17) is 4.74 Å². The molecule has 0 atom stereocenters. The Labute approximate surface area is 152 Å². The number of rotatable bonds is 6. The Bertz CT molecular complexity index is 680. The van der Waals surface area contributed by atoms with Crippen LogP contribution in [0.4, 0.5) is 0 Å². The molecule has 1 amide bonds. The van der Waals surface area contributed by atoms with Crippen molar-refractivity contribution in [2.75, 3.05) is 13.6 Å². The van der Waals surface area contributed by atoms with Crippen LogP contribution in [-0.4, -0.2) is 24.4 Å². The fraction of sp³-hybridized carbons (Fsp3) is 0.500. The zero-order valence-electron chi connectivity index (χ0n) is 16.3. The van der Waals surface area contributed by atoms with Crippen LogP contribution in [0.25, 0.3) is 5.57 Å². The summed E-state index contributed by atoms with van der Waals surface area (Å²) in [5.74, 6) is 1.83. The van der Waals surface area contributed by atoms with Gasteiger partial charge in [-0.05, 0) is 54.9 Å². The lowest BCUT2D eigenvalue weighted by atomic mass is 9.91. The van der Waals surface area contributed by atoms with Gasteiger partial charge in [-0.15, -0.1) is 0 Å². The van der Waals surface area contributed by atoms with E-state index in [1.54, 1.807) is 0 Å². The number of nitrogens with zero attached hydrogens (tertiary/aromatic N) is 1. The highest BCUT2D eigenvalue weighted by molar-refractivity contribution is 5.76. The van der Waals surface area contributed by atoms with Crippen molar-refractivity contribution in [1.29, 1.82) is 0 Å². The van der Waals surface area contributed by atoms with E-state index < -0.39 is 0 Å². The average Bonchev–Trinajstić information content (AvgIpc) is 2.49. The summed E-state index contributed by atoms with van der Waals surface area (Å²) in [6, 6.07) is 6.41. The van der Waals surface area contributed by atoms with Gasteiger partial charge in [-0.1, -0.05) is 39.5 Å².